The second-order valence-corrected chi connectivity index (χ2v) is 6.53. The minimum atomic E-state index is -4.63. The predicted octanol–water partition coefficient (Wildman–Crippen LogP) is 3.83. The molecule has 1 aliphatic rings. The Labute approximate surface area is 159 Å². The number of benzene rings is 2. The number of halogens is 3. The molecule has 0 bridgehead atoms. The van der Waals surface area contributed by atoms with Crippen LogP contribution in [0.25, 0.3) is 0 Å². The largest absolute Gasteiger partial charge is 0.484 e. The molecule has 1 unspecified atom stereocenters. The van der Waals surface area contributed by atoms with Crippen LogP contribution in [0.15, 0.2) is 54.6 Å². The summed E-state index contributed by atoms with van der Waals surface area (Å²) >= 11 is 0. The van der Waals surface area contributed by atoms with Gasteiger partial charge in [-0.1, -0.05) is 36.4 Å². The molecule has 5 nitrogen and oxygen atoms in total. The molecule has 0 radical (unpaired) electrons. The summed E-state index contributed by atoms with van der Waals surface area (Å²) in [6, 6.07) is 11.4. The van der Waals surface area contributed by atoms with Crippen molar-refractivity contribution >= 4 is 17.5 Å². The molecule has 1 fully saturated rings. The van der Waals surface area contributed by atoms with Crippen molar-refractivity contribution in [3.8, 4) is 5.75 Å². The van der Waals surface area contributed by atoms with Crippen molar-refractivity contribution in [2.75, 3.05) is 11.9 Å². The average molecular weight is 392 g/mol. The summed E-state index contributed by atoms with van der Waals surface area (Å²) in [5, 5.41) is 4.69. The molecule has 0 aliphatic heterocycles. The molecular weight excluding hydrogens is 373 g/mol. The Bertz CT molecular complexity index is 836. The first-order valence-electron chi connectivity index (χ1n) is 8.77. The molecule has 8 heteroatoms. The first-order chi connectivity index (χ1) is 13.3. The van der Waals surface area contributed by atoms with Crippen molar-refractivity contribution in [2.45, 2.75) is 25.1 Å². The molecule has 0 heterocycles. The van der Waals surface area contributed by atoms with Gasteiger partial charge < -0.3 is 15.4 Å². The van der Waals surface area contributed by atoms with Crippen LogP contribution in [0.3, 0.4) is 0 Å². The number of amides is 2. The lowest BCUT2D eigenvalue weighted by Gasteiger charge is -2.22. The summed E-state index contributed by atoms with van der Waals surface area (Å²) in [6.07, 6.45) is -2.90. The lowest BCUT2D eigenvalue weighted by Crippen LogP contribution is -2.40. The summed E-state index contributed by atoms with van der Waals surface area (Å²) < 4.78 is 45.1. The van der Waals surface area contributed by atoms with Gasteiger partial charge in [-0.05, 0) is 30.5 Å². The van der Waals surface area contributed by atoms with E-state index in [1.54, 1.807) is 24.3 Å². The van der Waals surface area contributed by atoms with Gasteiger partial charge in [0.15, 0.2) is 12.6 Å². The third-order valence-corrected chi connectivity index (χ3v) is 4.19. The average Bonchev–Trinajstić information content (AvgIpc) is 3.50. The smallest absolute Gasteiger partial charge is 0.412 e. The van der Waals surface area contributed by atoms with Crippen LogP contribution in [-0.2, 0) is 9.59 Å². The zero-order valence-electron chi connectivity index (χ0n) is 14.8. The Morgan fingerprint density at radius 2 is 1.79 bits per heavy atom. The Morgan fingerprint density at radius 1 is 1.07 bits per heavy atom. The van der Waals surface area contributed by atoms with Crippen LogP contribution in [0.2, 0.25) is 0 Å². The van der Waals surface area contributed by atoms with Gasteiger partial charge in [-0.15, -0.1) is 0 Å². The molecule has 2 N–H and O–H groups in total. The van der Waals surface area contributed by atoms with E-state index in [4.69, 9.17) is 4.74 Å². The van der Waals surface area contributed by atoms with Crippen molar-refractivity contribution in [2.24, 2.45) is 5.92 Å². The number of carbonyl (C=O) groups is 2. The monoisotopic (exact) mass is 392 g/mol. The maximum absolute atomic E-state index is 13.3. The van der Waals surface area contributed by atoms with Crippen LogP contribution in [0.1, 0.15) is 24.4 Å². The number of nitrogens with one attached hydrogen (secondary N) is 2. The van der Waals surface area contributed by atoms with Crippen LogP contribution in [0, 0.1) is 5.92 Å². The maximum Gasteiger partial charge on any atom is 0.412 e. The van der Waals surface area contributed by atoms with Gasteiger partial charge in [-0.2, -0.15) is 13.2 Å². The van der Waals surface area contributed by atoms with Crippen molar-refractivity contribution in [1.82, 2.24) is 5.32 Å². The number of ether oxygens (including phenoxy) is 1. The summed E-state index contributed by atoms with van der Waals surface area (Å²) in [5.41, 5.74) is 0.445. The second-order valence-electron chi connectivity index (χ2n) is 6.53. The summed E-state index contributed by atoms with van der Waals surface area (Å²) in [7, 11) is 0. The Hall–Kier alpha value is -3.03. The van der Waals surface area contributed by atoms with E-state index < -0.39 is 24.7 Å². The van der Waals surface area contributed by atoms with Crippen molar-refractivity contribution < 1.29 is 27.5 Å². The fourth-order valence-electron chi connectivity index (χ4n) is 2.60. The fourth-order valence-corrected chi connectivity index (χ4v) is 2.60. The molecule has 0 spiro atoms. The van der Waals surface area contributed by atoms with Crippen LogP contribution in [0.5, 0.6) is 5.75 Å². The highest BCUT2D eigenvalue weighted by atomic mass is 19.4. The molecule has 3 rings (SSSR count). The standard InChI is InChI=1S/C20H19F3N2O3/c21-20(22,23)18(13-5-2-1-3-6-13)25-17(26)12-28-16-8-4-7-15(11-16)24-19(27)14-9-10-14/h1-8,11,14,18H,9-10,12H2,(H,24,27)(H,25,26). The number of anilines is 1. The van der Waals surface area contributed by atoms with Crippen LogP contribution >= 0.6 is 0 Å². The van der Waals surface area contributed by atoms with Gasteiger partial charge in [0.1, 0.15) is 5.75 Å². The van der Waals surface area contributed by atoms with Gasteiger partial charge in [-0.3, -0.25) is 9.59 Å². The number of hydrogen-bond donors (Lipinski definition) is 2. The minimum Gasteiger partial charge on any atom is -0.484 e. The fraction of sp³-hybridized carbons (Fsp3) is 0.300. The van der Waals surface area contributed by atoms with Crippen molar-refractivity contribution in [3.05, 3.63) is 60.2 Å². The molecule has 2 amide bonds. The second kappa shape index (κ2) is 8.33. The van der Waals surface area contributed by atoms with E-state index in [0.717, 1.165) is 12.8 Å². The number of alkyl halides is 3. The lowest BCUT2D eigenvalue weighted by molar-refractivity contribution is -0.164. The SMILES string of the molecule is O=C(COc1cccc(NC(=O)C2CC2)c1)NC(c1ccccc1)C(F)(F)F. The van der Waals surface area contributed by atoms with Gasteiger partial charge in [0.05, 0.1) is 0 Å². The minimum absolute atomic E-state index is 0.0349. The van der Waals surface area contributed by atoms with Crippen molar-refractivity contribution in [1.29, 1.82) is 0 Å². The summed E-state index contributed by atoms with van der Waals surface area (Å²) in [5.74, 6) is -0.677. The molecule has 2 aromatic carbocycles. The zero-order chi connectivity index (χ0) is 20.1. The van der Waals surface area contributed by atoms with E-state index >= 15 is 0 Å². The highest BCUT2D eigenvalue weighted by Crippen LogP contribution is 2.32. The Balaban J connectivity index is 1.57. The molecule has 1 aliphatic carbocycles. The van der Waals surface area contributed by atoms with E-state index in [1.165, 1.54) is 30.3 Å². The molecule has 0 saturated heterocycles. The quantitative estimate of drug-likeness (QED) is 0.753. The van der Waals surface area contributed by atoms with Gasteiger partial charge >= 0.3 is 6.18 Å². The molecule has 148 valence electrons. The molecular formula is C20H19F3N2O3. The summed E-state index contributed by atoms with van der Waals surface area (Å²) in [4.78, 5) is 23.8. The van der Waals surface area contributed by atoms with Gasteiger partial charge in [0, 0.05) is 17.7 Å². The number of hydrogen-bond acceptors (Lipinski definition) is 3. The molecule has 2 aromatic rings. The van der Waals surface area contributed by atoms with Crippen LogP contribution in [-0.4, -0.2) is 24.6 Å². The topological polar surface area (TPSA) is 67.4 Å². The van der Waals surface area contributed by atoms with E-state index in [-0.39, 0.29) is 23.1 Å². The van der Waals surface area contributed by atoms with Gasteiger partial charge in [0.25, 0.3) is 5.91 Å². The third-order valence-electron chi connectivity index (χ3n) is 4.19. The highest BCUT2D eigenvalue weighted by molar-refractivity contribution is 5.94. The van der Waals surface area contributed by atoms with E-state index in [0.29, 0.717) is 5.69 Å². The first-order valence-corrected chi connectivity index (χ1v) is 8.77. The highest BCUT2D eigenvalue weighted by Gasteiger charge is 2.41. The van der Waals surface area contributed by atoms with Crippen LogP contribution in [0.4, 0.5) is 18.9 Å². The van der Waals surface area contributed by atoms with E-state index in [1.807, 2.05) is 5.32 Å². The number of carbonyl (C=O) groups excluding carboxylic acids is 2. The zero-order valence-corrected chi connectivity index (χ0v) is 14.8. The normalized spacial score (nSPS) is 14.8. The van der Waals surface area contributed by atoms with E-state index in [9.17, 15) is 22.8 Å². The first kappa shape index (κ1) is 19.7. The van der Waals surface area contributed by atoms with Gasteiger partial charge in [-0.25, -0.2) is 0 Å². The Kier molecular flexibility index (Phi) is 5.87. The lowest BCUT2D eigenvalue weighted by atomic mass is 10.1. The van der Waals surface area contributed by atoms with E-state index in [2.05, 4.69) is 5.32 Å². The third kappa shape index (κ3) is 5.48. The van der Waals surface area contributed by atoms with Crippen molar-refractivity contribution in [3.63, 3.8) is 0 Å². The Morgan fingerprint density at radius 3 is 2.43 bits per heavy atom. The van der Waals surface area contributed by atoms with Gasteiger partial charge in [0.2, 0.25) is 5.91 Å². The maximum atomic E-state index is 13.3. The molecule has 1 atom stereocenters. The summed E-state index contributed by atoms with van der Waals surface area (Å²) in [6.45, 7) is -0.584. The predicted molar refractivity (Wildman–Crippen MR) is 96.7 cm³/mol. The van der Waals surface area contributed by atoms with Crippen LogP contribution < -0.4 is 15.4 Å². The molecule has 28 heavy (non-hydrogen) atoms. The number of rotatable bonds is 7. The molecule has 0 aromatic heterocycles. The molecule has 1 saturated carbocycles.